The predicted molar refractivity (Wildman–Crippen MR) is 89.6 cm³/mol. The number of anilines is 1. The van der Waals surface area contributed by atoms with Crippen LogP contribution >= 0.6 is 22.6 Å². The highest BCUT2D eigenvalue weighted by Crippen LogP contribution is 2.21. The van der Waals surface area contributed by atoms with Gasteiger partial charge in [-0.15, -0.1) is 0 Å². The summed E-state index contributed by atoms with van der Waals surface area (Å²) in [4.78, 5) is 23.2. The van der Waals surface area contributed by atoms with Crippen LogP contribution in [0.4, 0.5) is 5.69 Å². The monoisotopic (exact) mass is 402 g/mol. The van der Waals surface area contributed by atoms with Crippen LogP contribution in [0, 0.1) is 9.49 Å². The van der Waals surface area contributed by atoms with Gasteiger partial charge in [0, 0.05) is 9.99 Å². The summed E-state index contributed by atoms with van der Waals surface area (Å²) in [5.74, 6) is -0.549. The Morgan fingerprint density at radius 2 is 2.05 bits per heavy atom. The van der Waals surface area contributed by atoms with Crippen LogP contribution in [-0.2, 0) is 4.79 Å². The molecule has 114 valence electrons. The van der Waals surface area contributed by atoms with Crippen LogP contribution in [0.25, 0.3) is 0 Å². The third-order valence-electron chi connectivity index (χ3n) is 3.72. The van der Waals surface area contributed by atoms with Crippen molar-refractivity contribution in [3.8, 4) is 0 Å². The maximum Gasteiger partial charge on any atom is 0.337 e. The van der Waals surface area contributed by atoms with Gasteiger partial charge >= 0.3 is 5.97 Å². The number of carboxylic acids is 1. The molecule has 1 amide bonds. The van der Waals surface area contributed by atoms with Crippen LogP contribution < -0.4 is 10.6 Å². The largest absolute Gasteiger partial charge is 0.478 e. The molecule has 21 heavy (non-hydrogen) atoms. The topological polar surface area (TPSA) is 78.4 Å². The van der Waals surface area contributed by atoms with Gasteiger partial charge in [-0.05, 0) is 79.1 Å². The summed E-state index contributed by atoms with van der Waals surface area (Å²) in [6.45, 7) is 2.04. The molecule has 1 aromatic rings. The van der Waals surface area contributed by atoms with Crippen molar-refractivity contribution >= 4 is 40.2 Å². The fraction of sp³-hybridized carbons (Fsp3) is 0.467. The quantitative estimate of drug-likeness (QED) is 0.662. The molecule has 0 bridgehead atoms. The van der Waals surface area contributed by atoms with Gasteiger partial charge < -0.3 is 15.7 Å². The molecule has 1 saturated heterocycles. The molecule has 0 unspecified atom stereocenters. The molecule has 1 aliphatic rings. The lowest BCUT2D eigenvalue weighted by Gasteiger charge is -2.22. The van der Waals surface area contributed by atoms with E-state index in [-0.39, 0.29) is 11.5 Å². The fourth-order valence-corrected chi connectivity index (χ4v) is 3.01. The molecule has 1 fully saturated rings. The number of hydrogen-bond donors (Lipinski definition) is 3. The van der Waals surface area contributed by atoms with Crippen molar-refractivity contribution in [2.45, 2.75) is 25.7 Å². The van der Waals surface area contributed by atoms with Crippen molar-refractivity contribution in [3.05, 3.63) is 27.3 Å². The minimum Gasteiger partial charge on any atom is -0.478 e. The maximum absolute atomic E-state index is 12.0. The number of carbonyl (C=O) groups is 2. The number of hydrogen-bond acceptors (Lipinski definition) is 3. The predicted octanol–water partition coefficient (Wildman–Crippen LogP) is 2.71. The van der Waals surface area contributed by atoms with Gasteiger partial charge in [0.1, 0.15) is 0 Å². The standard InChI is InChI=1S/C15H19IN2O3/c16-11-2-3-13(12(9-11)15(20)21)18-14(19)4-1-10-5-7-17-8-6-10/h2-3,9-10,17H,1,4-8H2,(H,18,19)(H,20,21). The Bertz CT molecular complexity index is 528. The van der Waals surface area contributed by atoms with Gasteiger partial charge in [-0.2, -0.15) is 0 Å². The van der Waals surface area contributed by atoms with Gasteiger partial charge in [-0.1, -0.05) is 0 Å². The van der Waals surface area contributed by atoms with Crippen LogP contribution in [0.2, 0.25) is 0 Å². The number of amides is 1. The van der Waals surface area contributed by atoms with Crippen molar-refractivity contribution in [2.24, 2.45) is 5.92 Å². The number of nitrogens with one attached hydrogen (secondary N) is 2. The first-order valence-corrected chi connectivity index (χ1v) is 8.17. The first-order chi connectivity index (χ1) is 10.1. The molecule has 0 atom stereocenters. The Hall–Kier alpha value is -1.15. The highest BCUT2D eigenvalue weighted by molar-refractivity contribution is 14.1. The van der Waals surface area contributed by atoms with Crippen molar-refractivity contribution in [3.63, 3.8) is 0 Å². The second kappa shape index (κ2) is 7.74. The summed E-state index contributed by atoms with van der Waals surface area (Å²) in [6, 6.07) is 4.99. The number of piperidine rings is 1. The van der Waals surface area contributed by atoms with E-state index in [1.807, 2.05) is 0 Å². The van der Waals surface area contributed by atoms with Crippen molar-refractivity contribution < 1.29 is 14.7 Å². The van der Waals surface area contributed by atoms with Gasteiger partial charge in [0.25, 0.3) is 0 Å². The highest BCUT2D eigenvalue weighted by Gasteiger charge is 2.16. The van der Waals surface area contributed by atoms with Crippen molar-refractivity contribution in [2.75, 3.05) is 18.4 Å². The molecule has 0 saturated carbocycles. The van der Waals surface area contributed by atoms with Gasteiger partial charge in [0.05, 0.1) is 11.3 Å². The van der Waals surface area contributed by atoms with Crippen LogP contribution in [0.1, 0.15) is 36.0 Å². The molecule has 1 aromatic carbocycles. The van der Waals surface area contributed by atoms with Crippen LogP contribution in [0.3, 0.4) is 0 Å². The molecule has 6 heteroatoms. The summed E-state index contributed by atoms with van der Waals surface area (Å²) >= 11 is 2.05. The van der Waals surface area contributed by atoms with Crippen molar-refractivity contribution in [1.82, 2.24) is 5.32 Å². The third-order valence-corrected chi connectivity index (χ3v) is 4.40. The van der Waals surface area contributed by atoms with E-state index in [2.05, 4.69) is 33.2 Å². The van der Waals surface area contributed by atoms with Gasteiger partial charge in [-0.3, -0.25) is 4.79 Å². The number of carbonyl (C=O) groups excluding carboxylic acids is 1. The number of aromatic carboxylic acids is 1. The van der Waals surface area contributed by atoms with E-state index in [4.69, 9.17) is 0 Å². The Morgan fingerprint density at radius 1 is 1.33 bits per heavy atom. The third kappa shape index (κ3) is 4.96. The number of rotatable bonds is 5. The highest BCUT2D eigenvalue weighted by atomic mass is 127. The summed E-state index contributed by atoms with van der Waals surface area (Å²) in [6.07, 6.45) is 3.52. The first-order valence-electron chi connectivity index (χ1n) is 7.09. The lowest BCUT2D eigenvalue weighted by molar-refractivity contribution is -0.116. The van der Waals surface area contributed by atoms with Crippen LogP contribution in [0.15, 0.2) is 18.2 Å². The fourth-order valence-electron chi connectivity index (χ4n) is 2.52. The first kappa shape index (κ1) is 16.2. The number of halogens is 1. The Balaban J connectivity index is 1.91. The summed E-state index contributed by atoms with van der Waals surface area (Å²) in [5.41, 5.74) is 0.510. The number of carboxylic acid groups (broad SMARTS) is 1. The molecule has 3 N–H and O–H groups in total. The van der Waals surface area contributed by atoms with Gasteiger partial charge in [-0.25, -0.2) is 4.79 Å². The van der Waals surface area contributed by atoms with Gasteiger partial charge in [0.2, 0.25) is 5.91 Å². The van der Waals surface area contributed by atoms with Gasteiger partial charge in [0.15, 0.2) is 0 Å². The van der Waals surface area contributed by atoms with E-state index in [1.165, 1.54) is 0 Å². The second-order valence-corrected chi connectivity index (χ2v) is 6.52. The SMILES string of the molecule is O=C(CCC1CCNCC1)Nc1ccc(I)cc1C(=O)O. The zero-order valence-corrected chi connectivity index (χ0v) is 13.9. The molecule has 1 aliphatic heterocycles. The van der Waals surface area contributed by atoms with E-state index in [0.29, 0.717) is 18.0 Å². The second-order valence-electron chi connectivity index (χ2n) is 5.28. The van der Waals surface area contributed by atoms with Crippen molar-refractivity contribution in [1.29, 1.82) is 0 Å². The van der Waals surface area contributed by atoms with E-state index >= 15 is 0 Å². The molecule has 0 spiro atoms. The Kier molecular flexibility index (Phi) is 5.98. The minimum atomic E-state index is -1.03. The molecule has 0 aliphatic carbocycles. The normalized spacial score (nSPS) is 15.7. The molecular formula is C15H19IN2O3. The summed E-state index contributed by atoms with van der Waals surface area (Å²) < 4.78 is 0.831. The summed E-state index contributed by atoms with van der Waals surface area (Å²) in [7, 11) is 0. The Labute approximate surface area is 137 Å². The summed E-state index contributed by atoms with van der Waals surface area (Å²) in [5, 5.41) is 15.2. The molecule has 0 radical (unpaired) electrons. The molecule has 5 nitrogen and oxygen atoms in total. The lowest BCUT2D eigenvalue weighted by atomic mass is 9.93. The zero-order valence-electron chi connectivity index (χ0n) is 11.7. The van der Waals surface area contributed by atoms with Crippen LogP contribution in [0.5, 0.6) is 0 Å². The van der Waals surface area contributed by atoms with E-state index < -0.39 is 5.97 Å². The number of benzene rings is 1. The minimum absolute atomic E-state index is 0.114. The molecule has 1 heterocycles. The van der Waals surface area contributed by atoms with Crippen LogP contribution in [-0.4, -0.2) is 30.1 Å². The smallest absolute Gasteiger partial charge is 0.337 e. The average molecular weight is 402 g/mol. The maximum atomic E-state index is 12.0. The zero-order chi connectivity index (χ0) is 15.2. The van der Waals surface area contributed by atoms with E-state index in [1.54, 1.807) is 18.2 Å². The molecule has 0 aromatic heterocycles. The average Bonchev–Trinajstić information content (AvgIpc) is 2.48. The Morgan fingerprint density at radius 3 is 2.71 bits per heavy atom. The van der Waals surface area contributed by atoms with E-state index in [0.717, 1.165) is 35.9 Å². The molecular weight excluding hydrogens is 383 g/mol. The molecule has 2 rings (SSSR count). The van der Waals surface area contributed by atoms with E-state index in [9.17, 15) is 14.7 Å². The lowest BCUT2D eigenvalue weighted by Crippen LogP contribution is -2.28.